The largest absolute Gasteiger partial charge is 0.486 e. The fourth-order valence-electron chi connectivity index (χ4n) is 3.02. The Morgan fingerprint density at radius 2 is 1.92 bits per heavy atom. The van der Waals surface area contributed by atoms with Crippen LogP contribution in [0.15, 0.2) is 43.5 Å². The number of hydrogen-bond acceptors (Lipinski definition) is 5. The molecule has 0 aromatic heterocycles. The highest BCUT2D eigenvalue weighted by molar-refractivity contribution is 5.81. The lowest BCUT2D eigenvalue weighted by Gasteiger charge is -2.26. The highest BCUT2D eigenvalue weighted by Gasteiger charge is 2.36. The zero-order chi connectivity index (χ0) is 19.1. The van der Waals surface area contributed by atoms with Crippen molar-refractivity contribution in [2.75, 3.05) is 33.9 Å². The predicted octanol–water partition coefficient (Wildman–Crippen LogP) is 1.84. The molecule has 1 saturated heterocycles. The number of carbonyl (C=O) groups excluding carboxylic acids is 1. The summed E-state index contributed by atoms with van der Waals surface area (Å²) >= 11 is 0. The second-order valence-electron chi connectivity index (χ2n) is 6.55. The first-order valence-corrected chi connectivity index (χ1v) is 8.69. The van der Waals surface area contributed by atoms with Crippen molar-refractivity contribution in [3.8, 4) is 11.5 Å². The summed E-state index contributed by atoms with van der Waals surface area (Å²) in [5, 5.41) is 10.0. The fourth-order valence-corrected chi connectivity index (χ4v) is 3.02. The molecule has 142 valence electrons. The fraction of sp³-hybridized carbons (Fsp3) is 0.450. The van der Waals surface area contributed by atoms with Crippen LogP contribution in [0, 0.1) is 0 Å². The number of likely N-dealkylation sites (tertiary alicyclic amines) is 1. The van der Waals surface area contributed by atoms with Gasteiger partial charge in [0.2, 0.25) is 5.91 Å². The van der Waals surface area contributed by atoms with Crippen LogP contribution in [0.4, 0.5) is 0 Å². The minimum absolute atomic E-state index is 0.00983. The Balaban J connectivity index is 2.17. The van der Waals surface area contributed by atoms with Crippen molar-refractivity contribution < 1.29 is 19.4 Å². The predicted molar refractivity (Wildman–Crippen MR) is 101 cm³/mol. The van der Waals surface area contributed by atoms with Crippen LogP contribution < -0.4 is 9.47 Å². The Hall–Kier alpha value is -2.31. The third kappa shape index (κ3) is 5.09. The summed E-state index contributed by atoms with van der Waals surface area (Å²) < 4.78 is 11.3. The Labute approximate surface area is 155 Å². The molecule has 2 rings (SSSR count). The molecular weight excluding hydrogens is 332 g/mol. The summed E-state index contributed by atoms with van der Waals surface area (Å²) in [6.07, 6.45) is 3.31. The molecule has 1 amide bonds. The molecule has 1 aromatic carbocycles. The van der Waals surface area contributed by atoms with Crippen LogP contribution in [0.3, 0.4) is 0 Å². The van der Waals surface area contributed by atoms with E-state index >= 15 is 0 Å². The van der Waals surface area contributed by atoms with Gasteiger partial charge in [0.25, 0.3) is 0 Å². The number of carbonyl (C=O) groups is 1. The van der Waals surface area contributed by atoms with Gasteiger partial charge >= 0.3 is 0 Å². The molecule has 0 unspecified atom stereocenters. The number of aliphatic hydroxyl groups excluding tert-OH is 1. The number of hydrogen-bond donors (Lipinski definition) is 1. The van der Waals surface area contributed by atoms with Crippen LogP contribution in [0.2, 0.25) is 0 Å². The molecule has 0 bridgehead atoms. The number of rotatable bonds is 9. The standard InChI is InChI=1S/C20H28N2O4/c1-5-9-25-18-8-7-15(11-19(18)26-10-6-2)13-22-14-16(23)12-17(22)20(24)21(3)4/h5-8,11,16-17,23H,1-2,9-10,12-14H2,3-4H3/t16-,17+/m1/s1. The molecule has 2 atom stereocenters. The van der Waals surface area contributed by atoms with Gasteiger partial charge in [0.05, 0.1) is 12.1 Å². The molecule has 0 aliphatic carbocycles. The number of nitrogens with zero attached hydrogens (tertiary/aromatic N) is 2. The SMILES string of the molecule is C=CCOc1ccc(CN2C[C@H](O)C[C@H]2C(=O)N(C)C)cc1OCC=C. The Morgan fingerprint density at radius 3 is 2.54 bits per heavy atom. The van der Waals surface area contributed by atoms with E-state index in [2.05, 4.69) is 13.2 Å². The Kier molecular flexibility index (Phi) is 7.24. The van der Waals surface area contributed by atoms with Crippen molar-refractivity contribution in [3.05, 3.63) is 49.1 Å². The maximum Gasteiger partial charge on any atom is 0.239 e. The first-order valence-electron chi connectivity index (χ1n) is 8.69. The van der Waals surface area contributed by atoms with Crippen molar-refractivity contribution in [1.82, 2.24) is 9.80 Å². The van der Waals surface area contributed by atoms with Crippen LogP contribution in [-0.2, 0) is 11.3 Å². The molecule has 1 aliphatic heterocycles. The number of aliphatic hydroxyl groups is 1. The molecule has 0 saturated carbocycles. The molecule has 1 fully saturated rings. The van der Waals surface area contributed by atoms with Gasteiger partial charge < -0.3 is 19.5 Å². The van der Waals surface area contributed by atoms with E-state index in [0.717, 1.165) is 5.56 Å². The maximum atomic E-state index is 12.4. The van der Waals surface area contributed by atoms with Crippen molar-refractivity contribution in [2.45, 2.75) is 25.1 Å². The molecule has 0 spiro atoms. The normalized spacial score (nSPS) is 19.8. The number of benzene rings is 1. The van der Waals surface area contributed by atoms with Gasteiger partial charge in [-0.15, -0.1) is 0 Å². The Bertz CT molecular complexity index is 645. The van der Waals surface area contributed by atoms with Gasteiger partial charge in [-0.2, -0.15) is 0 Å². The topological polar surface area (TPSA) is 62.2 Å². The van der Waals surface area contributed by atoms with Gasteiger partial charge in [-0.05, 0) is 24.1 Å². The number of likely N-dealkylation sites (N-methyl/N-ethyl adjacent to an activating group) is 1. The first kappa shape index (κ1) is 20.0. The maximum absolute atomic E-state index is 12.4. The summed E-state index contributed by atoms with van der Waals surface area (Å²) in [6, 6.07) is 5.39. The average Bonchev–Trinajstić information content (AvgIpc) is 2.98. The number of ether oxygens (including phenoxy) is 2. The third-order valence-corrected chi connectivity index (χ3v) is 4.21. The molecule has 26 heavy (non-hydrogen) atoms. The summed E-state index contributed by atoms with van der Waals surface area (Å²) in [4.78, 5) is 16.0. The first-order chi connectivity index (χ1) is 12.5. The van der Waals surface area contributed by atoms with Gasteiger partial charge in [0, 0.05) is 27.2 Å². The van der Waals surface area contributed by atoms with Gasteiger partial charge in [-0.25, -0.2) is 0 Å². The van der Waals surface area contributed by atoms with E-state index in [1.54, 1.807) is 31.1 Å². The molecule has 1 heterocycles. The van der Waals surface area contributed by atoms with Crippen molar-refractivity contribution >= 4 is 5.91 Å². The van der Waals surface area contributed by atoms with Gasteiger partial charge in [-0.3, -0.25) is 9.69 Å². The molecule has 1 N–H and O–H groups in total. The van der Waals surface area contributed by atoms with E-state index in [1.165, 1.54) is 0 Å². The van der Waals surface area contributed by atoms with E-state index in [9.17, 15) is 9.90 Å². The van der Waals surface area contributed by atoms with Crippen LogP contribution in [0.5, 0.6) is 11.5 Å². The van der Waals surface area contributed by atoms with E-state index in [0.29, 0.717) is 44.2 Å². The molecule has 6 nitrogen and oxygen atoms in total. The zero-order valence-electron chi connectivity index (χ0n) is 15.6. The molecule has 0 radical (unpaired) electrons. The van der Waals surface area contributed by atoms with Crippen molar-refractivity contribution in [1.29, 1.82) is 0 Å². The summed E-state index contributed by atoms with van der Waals surface area (Å²) in [5.41, 5.74) is 0.987. The molecule has 1 aromatic rings. The second-order valence-corrected chi connectivity index (χ2v) is 6.55. The monoisotopic (exact) mass is 360 g/mol. The Morgan fingerprint density at radius 1 is 1.27 bits per heavy atom. The molecule has 1 aliphatic rings. The molecule has 6 heteroatoms. The zero-order valence-corrected chi connectivity index (χ0v) is 15.6. The van der Waals surface area contributed by atoms with Crippen LogP contribution >= 0.6 is 0 Å². The summed E-state index contributed by atoms with van der Waals surface area (Å²) in [5.74, 6) is 1.27. The van der Waals surface area contributed by atoms with Crippen molar-refractivity contribution in [2.24, 2.45) is 0 Å². The van der Waals surface area contributed by atoms with E-state index in [-0.39, 0.29) is 11.9 Å². The van der Waals surface area contributed by atoms with Crippen LogP contribution in [0.1, 0.15) is 12.0 Å². The second kappa shape index (κ2) is 9.40. The summed E-state index contributed by atoms with van der Waals surface area (Å²) in [6.45, 7) is 9.11. The molecular formula is C20H28N2O4. The summed E-state index contributed by atoms with van der Waals surface area (Å²) in [7, 11) is 3.47. The van der Waals surface area contributed by atoms with Crippen LogP contribution in [0.25, 0.3) is 0 Å². The lowest BCUT2D eigenvalue weighted by atomic mass is 10.1. The number of amides is 1. The average molecular weight is 360 g/mol. The van der Waals surface area contributed by atoms with Gasteiger partial charge in [-0.1, -0.05) is 31.4 Å². The highest BCUT2D eigenvalue weighted by atomic mass is 16.5. The van der Waals surface area contributed by atoms with Crippen LogP contribution in [-0.4, -0.2) is 66.8 Å². The minimum atomic E-state index is -0.490. The third-order valence-electron chi connectivity index (χ3n) is 4.21. The minimum Gasteiger partial charge on any atom is -0.486 e. The van der Waals surface area contributed by atoms with Crippen molar-refractivity contribution in [3.63, 3.8) is 0 Å². The van der Waals surface area contributed by atoms with Gasteiger partial charge in [0.15, 0.2) is 11.5 Å². The van der Waals surface area contributed by atoms with E-state index in [1.807, 2.05) is 23.1 Å². The lowest BCUT2D eigenvalue weighted by Crippen LogP contribution is -2.42. The smallest absolute Gasteiger partial charge is 0.239 e. The van der Waals surface area contributed by atoms with Gasteiger partial charge in [0.1, 0.15) is 13.2 Å². The lowest BCUT2D eigenvalue weighted by molar-refractivity contribution is -0.133. The number of β-amino-alcohol motifs (C(OH)–C–C–N with tert-alkyl or cyclic N) is 1. The quantitative estimate of drug-likeness (QED) is 0.681. The highest BCUT2D eigenvalue weighted by Crippen LogP contribution is 2.30. The van der Waals surface area contributed by atoms with E-state index < -0.39 is 6.10 Å². The van der Waals surface area contributed by atoms with E-state index in [4.69, 9.17) is 9.47 Å².